The van der Waals surface area contributed by atoms with Crippen LogP contribution in [0.1, 0.15) is 18.7 Å². The van der Waals surface area contributed by atoms with Crippen LogP contribution < -0.4 is 5.32 Å². The van der Waals surface area contributed by atoms with Crippen molar-refractivity contribution in [3.8, 4) is 0 Å². The Morgan fingerprint density at radius 2 is 2.14 bits per heavy atom. The summed E-state index contributed by atoms with van der Waals surface area (Å²) in [6.45, 7) is 1.50. The number of alkyl halides is 3. The second kappa shape index (κ2) is 5.32. The minimum Gasteiger partial charge on any atom is -0.332 e. The van der Waals surface area contributed by atoms with Gasteiger partial charge < -0.3 is 14.8 Å². The van der Waals surface area contributed by atoms with Crippen LogP contribution >= 0.6 is 0 Å². The van der Waals surface area contributed by atoms with Gasteiger partial charge in [0.25, 0.3) is 0 Å². The van der Waals surface area contributed by atoms with E-state index in [1.807, 2.05) is 10.8 Å². The predicted molar refractivity (Wildman–Crippen MR) is 68.2 cm³/mol. The standard InChI is InChI=1S/C13H17F3N4O/c14-13(15,16)9-1-2-10(18-7-9)12(21)20-6-5-19-4-3-17-11(19)8-20/h3-4,9-10,18H,1-2,5-8H2. The van der Waals surface area contributed by atoms with Gasteiger partial charge in [-0.05, 0) is 12.8 Å². The van der Waals surface area contributed by atoms with Crippen LogP contribution in [-0.2, 0) is 17.9 Å². The first-order valence-corrected chi connectivity index (χ1v) is 7.04. The molecule has 1 aromatic heterocycles. The van der Waals surface area contributed by atoms with Crippen LogP contribution in [0.15, 0.2) is 12.4 Å². The minimum absolute atomic E-state index is 0.00930. The number of nitrogens with zero attached hydrogens (tertiary/aromatic N) is 3. The van der Waals surface area contributed by atoms with E-state index in [4.69, 9.17) is 0 Å². The molecule has 8 heteroatoms. The number of amides is 1. The van der Waals surface area contributed by atoms with Gasteiger partial charge >= 0.3 is 6.18 Å². The molecule has 2 atom stereocenters. The SMILES string of the molecule is O=C(C1CCC(C(F)(F)F)CN1)N1CCn2ccnc2C1. The van der Waals surface area contributed by atoms with E-state index < -0.39 is 18.1 Å². The van der Waals surface area contributed by atoms with Gasteiger partial charge in [0, 0.05) is 32.0 Å². The van der Waals surface area contributed by atoms with E-state index in [0.29, 0.717) is 19.6 Å². The number of imidazole rings is 1. The Kier molecular flexibility index (Phi) is 3.64. The lowest BCUT2D eigenvalue weighted by Crippen LogP contribution is -2.53. The van der Waals surface area contributed by atoms with E-state index in [0.717, 1.165) is 5.82 Å². The van der Waals surface area contributed by atoms with Crippen molar-refractivity contribution in [1.82, 2.24) is 19.8 Å². The summed E-state index contributed by atoms with van der Waals surface area (Å²) in [6.07, 6.45) is -0.389. The van der Waals surface area contributed by atoms with Gasteiger partial charge in [0.1, 0.15) is 5.82 Å². The van der Waals surface area contributed by atoms with Crippen molar-refractivity contribution in [2.75, 3.05) is 13.1 Å². The molecule has 0 radical (unpaired) electrons. The van der Waals surface area contributed by atoms with Gasteiger partial charge in [-0.15, -0.1) is 0 Å². The van der Waals surface area contributed by atoms with Crippen molar-refractivity contribution in [1.29, 1.82) is 0 Å². The Balaban J connectivity index is 1.58. The molecule has 3 heterocycles. The maximum absolute atomic E-state index is 12.6. The highest BCUT2D eigenvalue weighted by Gasteiger charge is 2.43. The maximum Gasteiger partial charge on any atom is 0.393 e. The normalized spacial score (nSPS) is 26.5. The number of piperidine rings is 1. The molecule has 116 valence electrons. The van der Waals surface area contributed by atoms with Gasteiger partial charge in [-0.25, -0.2) is 4.98 Å². The van der Waals surface area contributed by atoms with Gasteiger partial charge in [-0.3, -0.25) is 4.79 Å². The van der Waals surface area contributed by atoms with Crippen molar-refractivity contribution in [3.05, 3.63) is 18.2 Å². The van der Waals surface area contributed by atoms with Crippen LogP contribution in [0.3, 0.4) is 0 Å². The Morgan fingerprint density at radius 1 is 1.33 bits per heavy atom. The van der Waals surface area contributed by atoms with Gasteiger partial charge in [0.2, 0.25) is 5.91 Å². The number of carbonyl (C=O) groups excluding carboxylic acids is 1. The van der Waals surface area contributed by atoms with E-state index >= 15 is 0 Å². The zero-order chi connectivity index (χ0) is 15.0. The summed E-state index contributed by atoms with van der Waals surface area (Å²) in [7, 11) is 0. The number of aromatic nitrogens is 2. The lowest BCUT2D eigenvalue weighted by atomic mass is 9.93. The van der Waals surface area contributed by atoms with Crippen LogP contribution in [0.25, 0.3) is 0 Å². The lowest BCUT2D eigenvalue weighted by Gasteiger charge is -2.35. The number of hydrogen-bond donors (Lipinski definition) is 1. The summed E-state index contributed by atoms with van der Waals surface area (Å²) >= 11 is 0. The average Bonchev–Trinajstić information content (AvgIpc) is 2.93. The molecule has 0 bridgehead atoms. The van der Waals surface area contributed by atoms with Crippen LogP contribution in [0.2, 0.25) is 0 Å². The molecule has 2 aliphatic heterocycles. The summed E-state index contributed by atoms with van der Waals surface area (Å²) in [6, 6.07) is -0.509. The van der Waals surface area contributed by atoms with Gasteiger partial charge in [-0.1, -0.05) is 0 Å². The molecular formula is C13H17F3N4O. The zero-order valence-electron chi connectivity index (χ0n) is 11.4. The fourth-order valence-electron chi connectivity index (χ4n) is 2.93. The Labute approximate surface area is 120 Å². The molecule has 2 aliphatic rings. The number of carbonyl (C=O) groups is 1. The highest BCUT2D eigenvalue weighted by molar-refractivity contribution is 5.82. The molecule has 5 nitrogen and oxygen atoms in total. The van der Waals surface area contributed by atoms with Crippen LogP contribution in [-0.4, -0.2) is 45.7 Å². The topological polar surface area (TPSA) is 50.2 Å². The van der Waals surface area contributed by atoms with Crippen LogP contribution in [0.5, 0.6) is 0 Å². The molecule has 2 unspecified atom stereocenters. The monoisotopic (exact) mass is 302 g/mol. The molecule has 1 fully saturated rings. The largest absolute Gasteiger partial charge is 0.393 e. The first-order valence-electron chi connectivity index (χ1n) is 7.04. The molecule has 1 N–H and O–H groups in total. The zero-order valence-corrected chi connectivity index (χ0v) is 11.4. The molecule has 0 aliphatic carbocycles. The van der Waals surface area contributed by atoms with Gasteiger partial charge in [0.05, 0.1) is 18.5 Å². The second-order valence-electron chi connectivity index (χ2n) is 5.57. The smallest absolute Gasteiger partial charge is 0.332 e. The highest BCUT2D eigenvalue weighted by atomic mass is 19.4. The lowest BCUT2D eigenvalue weighted by molar-refractivity contribution is -0.180. The van der Waals surface area contributed by atoms with E-state index in [2.05, 4.69) is 10.3 Å². The summed E-state index contributed by atoms with van der Waals surface area (Å²) in [4.78, 5) is 18.2. The summed E-state index contributed by atoms with van der Waals surface area (Å²) in [5.74, 6) is -0.648. The molecule has 0 spiro atoms. The van der Waals surface area contributed by atoms with Crippen LogP contribution in [0, 0.1) is 5.92 Å². The summed E-state index contributed by atoms with van der Waals surface area (Å²) < 4.78 is 39.8. The molecule has 1 aromatic rings. The predicted octanol–water partition coefficient (Wildman–Crippen LogP) is 1.16. The third-order valence-corrected chi connectivity index (χ3v) is 4.23. The minimum atomic E-state index is -4.18. The molecular weight excluding hydrogens is 285 g/mol. The fourth-order valence-corrected chi connectivity index (χ4v) is 2.93. The number of nitrogens with one attached hydrogen (secondary N) is 1. The molecule has 0 saturated carbocycles. The van der Waals surface area contributed by atoms with Crippen molar-refractivity contribution in [3.63, 3.8) is 0 Å². The molecule has 3 rings (SSSR count). The Morgan fingerprint density at radius 3 is 2.81 bits per heavy atom. The highest BCUT2D eigenvalue weighted by Crippen LogP contribution is 2.32. The molecule has 21 heavy (non-hydrogen) atoms. The number of hydrogen-bond acceptors (Lipinski definition) is 3. The summed E-state index contributed by atoms with van der Waals surface area (Å²) in [5, 5.41) is 2.75. The van der Waals surface area contributed by atoms with Crippen molar-refractivity contribution < 1.29 is 18.0 Å². The van der Waals surface area contributed by atoms with E-state index in [1.165, 1.54) is 0 Å². The van der Waals surface area contributed by atoms with E-state index in [9.17, 15) is 18.0 Å². The third-order valence-electron chi connectivity index (χ3n) is 4.23. The van der Waals surface area contributed by atoms with Crippen molar-refractivity contribution in [2.45, 2.75) is 38.1 Å². The quantitative estimate of drug-likeness (QED) is 0.847. The van der Waals surface area contributed by atoms with E-state index in [1.54, 1.807) is 11.1 Å². The number of halogens is 3. The van der Waals surface area contributed by atoms with E-state index in [-0.39, 0.29) is 25.3 Å². The third kappa shape index (κ3) is 2.90. The molecule has 1 amide bonds. The fraction of sp³-hybridized carbons (Fsp3) is 0.692. The van der Waals surface area contributed by atoms with Gasteiger partial charge in [-0.2, -0.15) is 13.2 Å². The van der Waals surface area contributed by atoms with Gasteiger partial charge in [0.15, 0.2) is 0 Å². The second-order valence-corrected chi connectivity index (χ2v) is 5.57. The molecule has 1 saturated heterocycles. The Bertz CT molecular complexity index is 520. The number of fused-ring (bicyclic) bond motifs is 1. The first kappa shape index (κ1) is 14.4. The summed E-state index contributed by atoms with van der Waals surface area (Å²) in [5.41, 5.74) is 0. The average molecular weight is 302 g/mol. The molecule has 0 aromatic carbocycles. The van der Waals surface area contributed by atoms with Crippen LogP contribution in [0.4, 0.5) is 13.2 Å². The van der Waals surface area contributed by atoms with Crippen molar-refractivity contribution in [2.24, 2.45) is 5.92 Å². The first-order chi connectivity index (χ1) is 9.95. The maximum atomic E-state index is 12.6. The number of rotatable bonds is 1. The Hall–Kier alpha value is -1.57. The van der Waals surface area contributed by atoms with Crippen molar-refractivity contribution >= 4 is 5.91 Å².